The molecule has 0 radical (unpaired) electrons. The Hall–Kier alpha value is -0.0400. The molecule has 0 amide bonds. The van der Waals surface area contributed by atoms with E-state index >= 15 is 0 Å². The van der Waals surface area contributed by atoms with Crippen LogP contribution in [0.4, 0.5) is 0 Å². The highest BCUT2D eigenvalue weighted by atomic mass is 127. The molecule has 2 atom stereocenters. The van der Waals surface area contributed by atoms with E-state index in [1.165, 1.54) is 32.5 Å². The second-order valence-corrected chi connectivity index (χ2v) is 6.84. The molecule has 0 aromatic rings. The van der Waals surface area contributed by atoms with Crippen molar-refractivity contribution in [1.29, 1.82) is 0 Å². The van der Waals surface area contributed by atoms with Crippen LogP contribution in [0, 0.1) is 11.8 Å². The zero-order chi connectivity index (χ0) is 15.7. The molecule has 1 aliphatic rings. The first-order valence-corrected chi connectivity index (χ1v) is 8.80. The van der Waals surface area contributed by atoms with Gasteiger partial charge < -0.3 is 15.5 Å². The van der Waals surface area contributed by atoms with Gasteiger partial charge in [-0.25, -0.2) is 0 Å². The van der Waals surface area contributed by atoms with Gasteiger partial charge in [0.2, 0.25) is 0 Å². The van der Waals surface area contributed by atoms with E-state index in [0.717, 1.165) is 31.4 Å². The van der Waals surface area contributed by atoms with Crippen LogP contribution < -0.4 is 10.6 Å². The highest BCUT2D eigenvalue weighted by Crippen LogP contribution is 2.15. The second-order valence-electron chi connectivity index (χ2n) is 6.84. The second kappa shape index (κ2) is 12.4. The minimum atomic E-state index is 0. The fourth-order valence-electron chi connectivity index (χ4n) is 2.68. The lowest BCUT2D eigenvalue weighted by Gasteiger charge is -2.30. The maximum absolute atomic E-state index is 4.71. The average Bonchev–Trinajstić information content (AvgIpc) is 2.43. The molecule has 0 saturated carbocycles. The van der Waals surface area contributed by atoms with Crippen LogP contribution in [0.1, 0.15) is 53.9 Å². The van der Waals surface area contributed by atoms with Gasteiger partial charge >= 0.3 is 0 Å². The molecule has 1 fully saturated rings. The summed E-state index contributed by atoms with van der Waals surface area (Å²) in [4.78, 5) is 7.31. The molecule has 1 heterocycles. The van der Waals surface area contributed by atoms with Crippen molar-refractivity contribution in [2.24, 2.45) is 16.8 Å². The zero-order valence-corrected chi connectivity index (χ0v) is 17.5. The van der Waals surface area contributed by atoms with E-state index in [4.69, 9.17) is 4.99 Å². The first kappa shape index (κ1) is 22.0. The highest BCUT2D eigenvalue weighted by Gasteiger charge is 2.15. The zero-order valence-electron chi connectivity index (χ0n) is 15.2. The van der Waals surface area contributed by atoms with Gasteiger partial charge in [-0.15, -0.1) is 24.0 Å². The van der Waals surface area contributed by atoms with Crippen LogP contribution in [0.5, 0.6) is 0 Å². The molecule has 0 bridgehead atoms. The van der Waals surface area contributed by atoms with Gasteiger partial charge in [0.25, 0.3) is 0 Å². The van der Waals surface area contributed by atoms with Crippen molar-refractivity contribution in [3.8, 4) is 0 Å². The van der Waals surface area contributed by atoms with Crippen LogP contribution >= 0.6 is 24.0 Å². The Kier molecular flexibility index (Phi) is 12.4. The van der Waals surface area contributed by atoms with E-state index in [0.29, 0.717) is 12.0 Å². The van der Waals surface area contributed by atoms with E-state index in [1.807, 2.05) is 0 Å². The Bertz CT molecular complexity index is 307. The highest BCUT2D eigenvalue weighted by molar-refractivity contribution is 14.0. The minimum Gasteiger partial charge on any atom is -0.357 e. The average molecular weight is 424 g/mol. The summed E-state index contributed by atoms with van der Waals surface area (Å²) in [5.74, 6) is 2.45. The van der Waals surface area contributed by atoms with Crippen LogP contribution in [-0.4, -0.2) is 49.6 Å². The molecule has 0 aliphatic carbocycles. The Labute approximate surface area is 154 Å². The summed E-state index contributed by atoms with van der Waals surface area (Å²) in [5, 5.41) is 6.83. The molecule has 132 valence electrons. The Morgan fingerprint density at radius 2 is 2.05 bits per heavy atom. The lowest BCUT2D eigenvalue weighted by atomic mass is 10.0. The molecule has 1 saturated heterocycles. The van der Waals surface area contributed by atoms with Crippen LogP contribution in [0.3, 0.4) is 0 Å². The summed E-state index contributed by atoms with van der Waals surface area (Å²) < 4.78 is 0. The maximum Gasteiger partial charge on any atom is 0.191 e. The molecule has 2 unspecified atom stereocenters. The molecule has 22 heavy (non-hydrogen) atoms. The van der Waals surface area contributed by atoms with Crippen molar-refractivity contribution < 1.29 is 0 Å². The lowest BCUT2D eigenvalue weighted by molar-refractivity contribution is 0.183. The Balaban J connectivity index is 0.00000441. The summed E-state index contributed by atoms with van der Waals surface area (Å²) in [7, 11) is 0. The van der Waals surface area contributed by atoms with Gasteiger partial charge in [-0.3, -0.25) is 4.99 Å². The first-order valence-electron chi connectivity index (χ1n) is 8.80. The number of likely N-dealkylation sites (tertiary alicyclic amines) is 1. The molecule has 0 aromatic heterocycles. The van der Waals surface area contributed by atoms with Crippen LogP contribution in [-0.2, 0) is 0 Å². The van der Waals surface area contributed by atoms with Gasteiger partial charge in [0.15, 0.2) is 5.96 Å². The monoisotopic (exact) mass is 424 g/mol. The quantitative estimate of drug-likeness (QED) is 0.285. The third-order valence-electron chi connectivity index (χ3n) is 4.35. The van der Waals surface area contributed by atoms with Gasteiger partial charge in [-0.2, -0.15) is 0 Å². The smallest absolute Gasteiger partial charge is 0.191 e. The minimum absolute atomic E-state index is 0. The summed E-state index contributed by atoms with van der Waals surface area (Å²) >= 11 is 0. The number of rotatable bonds is 7. The maximum atomic E-state index is 4.71. The summed E-state index contributed by atoms with van der Waals surface area (Å²) in [6.07, 6.45) is 3.91. The largest absolute Gasteiger partial charge is 0.357 e. The van der Waals surface area contributed by atoms with Gasteiger partial charge in [0.05, 0.1) is 0 Å². The molecule has 1 aliphatic heterocycles. The van der Waals surface area contributed by atoms with Crippen molar-refractivity contribution in [2.75, 3.05) is 32.7 Å². The van der Waals surface area contributed by atoms with Crippen molar-refractivity contribution in [3.63, 3.8) is 0 Å². The third kappa shape index (κ3) is 9.18. The normalized spacial score (nSPS) is 21.4. The standard InChI is InChI=1S/C17H36N4.HI/c1-6-18-17(20-16(5)14(2)3)19-10-8-12-21-11-7-9-15(4)13-21;/h14-16H,6-13H2,1-5H3,(H2,18,19,20);1H. The van der Waals surface area contributed by atoms with E-state index < -0.39 is 0 Å². The van der Waals surface area contributed by atoms with Crippen molar-refractivity contribution >= 4 is 29.9 Å². The summed E-state index contributed by atoms with van der Waals surface area (Å²) in [6.45, 7) is 16.7. The van der Waals surface area contributed by atoms with Gasteiger partial charge in [0.1, 0.15) is 0 Å². The number of aliphatic imine (C=N–C) groups is 1. The van der Waals surface area contributed by atoms with Gasteiger partial charge in [-0.1, -0.05) is 20.8 Å². The Morgan fingerprint density at radius 1 is 1.32 bits per heavy atom. The SMILES string of the molecule is CCNC(=NCCCN1CCCC(C)C1)NC(C)C(C)C.I. The van der Waals surface area contributed by atoms with E-state index in [9.17, 15) is 0 Å². The molecule has 2 N–H and O–H groups in total. The molecule has 0 spiro atoms. The van der Waals surface area contributed by atoms with Crippen LogP contribution in [0.15, 0.2) is 4.99 Å². The summed E-state index contributed by atoms with van der Waals surface area (Å²) in [6, 6.07) is 0.450. The van der Waals surface area contributed by atoms with Crippen molar-refractivity contribution in [2.45, 2.75) is 59.9 Å². The number of hydrogen-bond donors (Lipinski definition) is 2. The number of hydrogen-bond acceptors (Lipinski definition) is 2. The van der Waals surface area contributed by atoms with Crippen molar-refractivity contribution in [3.05, 3.63) is 0 Å². The summed E-state index contributed by atoms with van der Waals surface area (Å²) in [5.41, 5.74) is 0. The predicted octanol–water partition coefficient (Wildman–Crippen LogP) is 3.33. The topological polar surface area (TPSA) is 39.7 Å². The fraction of sp³-hybridized carbons (Fsp3) is 0.941. The first-order chi connectivity index (χ1) is 10.0. The molecule has 5 heteroatoms. The number of nitrogens with zero attached hydrogens (tertiary/aromatic N) is 2. The lowest BCUT2D eigenvalue weighted by Crippen LogP contribution is -2.44. The molecule has 4 nitrogen and oxygen atoms in total. The number of nitrogens with one attached hydrogen (secondary N) is 2. The van der Waals surface area contributed by atoms with Crippen molar-refractivity contribution in [1.82, 2.24) is 15.5 Å². The third-order valence-corrected chi connectivity index (χ3v) is 4.35. The number of piperidine rings is 1. The molecule has 0 aromatic carbocycles. The fourth-order valence-corrected chi connectivity index (χ4v) is 2.68. The number of guanidine groups is 1. The van der Waals surface area contributed by atoms with E-state index in [2.05, 4.69) is 50.2 Å². The Morgan fingerprint density at radius 3 is 2.64 bits per heavy atom. The molecule has 1 rings (SSSR count). The van der Waals surface area contributed by atoms with E-state index in [1.54, 1.807) is 0 Å². The van der Waals surface area contributed by atoms with Crippen LogP contribution in [0.2, 0.25) is 0 Å². The molecular weight excluding hydrogens is 387 g/mol. The molecular formula is C17H37IN4. The van der Waals surface area contributed by atoms with Gasteiger partial charge in [-0.05, 0) is 58.0 Å². The van der Waals surface area contributed by atoms with Gasteiger partial charge in [0, 0.05) is 25.7 Å². The van der Waals surface area contributed by atoms with Crippen LogP contribution in [0.25, 0.3) is 0 Å². The predicted molar refractivity (Wildman–Crippen MR) is 108 cm³/mol. The van der Waals surface area contributed by atoms with E-state index in [-0.39, 0.29) is 24.0 Å². The number of halogens is 1.